The Morgan fingerprint density at radius 3 is 3.06 bits per heavy atom. The molecule has 2 heterocycles. The molecule has 5 heteroatoms. The Hall–Kier alpha value is -0.940. The quantitative estimate of drug-likeness (QED) is 0.840. The van der Waals surface area contributed by atoms with Gasteiger partial charge < -0.3 is 14.6 Å². The number of hydrogen-bond acceptors (Lipinski definition) is 5. The Morgan fingerprint density at radius 2 is 2.38 bits per heavy atom. The Balaban J connectivity index is 1.90. The third kappa shape index (κ3) is 3.02. The second-order valence-corrected chi connectivity index (χ2v) is 4.50. The number of nitrogens with zero attached hydrogens (tertiary/aromatic N) is 2. The standard InChI is InChI=1S/C11H19N3O2/c1-8(2)12-6-10-13-11(16-14-10)9-4-3-5-15-7-9/h8-9,12H,3-7H2,1-2H3. The van der Waals surface area contributed by atoms with E-state index in [0.29, 0.717) is 19.2 Å². The van der Waals surface area contributed by atoms with Crippen LogP contribution in [0.5, 0.6) is 0 Å². The zero-order chi connectivity index (χ0) is 11.4. The van der Waals surface area contributed by atoms with E-state index in [4.69, 9.17) is 9.26 Å². The third-order valence-electron chi connectivity index (χ3n) is 2.66. The minimum absolute atomic E-state index is 0.286. The van der Waals surface area contributed by atoms with Crippen LogP contribution in [0.25, 0.3) is 0 Å². The van der Waals surface area contributed by atoms with Crippen molar-refractivity contribution < 1.29 is 9.26 Å². The molecule has 5 nitrogen and oxygen atoms in total. The zero-order valence-electron chi connectivity index (χ0n) is 9.90. The summed E-state index contributed by atoms with van der Waals surface area (Å²) in [6.45, 7) is 6.41. The Morgan fingerprint density at radius 1 is 1.50 bits per heavy atom. The Bertz CT molecular complexity index is 319. The molecular weight excluding hydrogens is 206 g/mol. The molecule has 1 aliphatic heterocycles. The second kappa shape index (κ2) is 5.41. The highest BCUT2D eigenvalue weighted by atomic mass is 16.5. The highest BCUT2D eigenvalue weighted by Gasteiger charge is 2.21. The molecule has 1 fully saturated rings. The minimum Gasteiger partial charge on any atom is -0.381 e. The minimum atomic E-state index is 0.286. The number of ether oxygens (including phenoxy) is 1. The van der Waals surface area contributed by atoms with Gasteiger partial charge in [0.05, 0.1) is 19.1 Å². The molecule has 0 aliphatic carbocycles. The van der Waals surface area contributed by atoms with E-state index < -0.39 is 0 Å². The van der Waals surface area contributed by atoms with E-state index in [1.54, 1.807) is 0 Å². The van der Waals surface area contributed by atoms with Crippen LogP contribution in [0.1, 0.15) is 44.3 Å². The van der Waals surface area contributed by atoms with Crippen molar-refractivity contribution in [1.82, 2.24) is 15.5 Å². The van der Waals surface area contributed by atoms with Crippen LogP contribution in [0, 0.1) is 0 Å². The topological polar surface area (TPSA) is 60.2 Å². The van der Waals surface area contributed by atoms with Gasteiger partial charge in [-0.25, -0.2) is 0 Å². The molecule has 1 aliphatic rings. The summed E-state index contributed by atoms with van der Waals surface area (Å²) in [5.74, 6) is 1.74. The van der Waals surface area contributed by atoms with Gasteiger partial charge in [0, 0.05) is 12.6 Å². The maximum atomic E-state index is 5.40. The van der Waals surface area contributed by atoms with Crippen LogP contribution >= 0.6 is 0 Å². The number of nitrogens with one attached hydrogen (secondary N) is 1. The van der Waals surface area contributed by atoms with Gasteiger partial charge in [0.15, 0.2) is 5.82 Å². The monoisotopic (exact) mass is 225 g/mol. The molecule has 0 spiro atoms. The van der Waals surface area contributed by atoms with Gasteiger partial charge in [-0.15, -0.1) is 0 Å². The summed E-state index contributed by atoms with van der Waals surface area (Å²) < 4.78 is 10.7. The molecule has 0 amide bonds. The van der Waals surface area contributed by atoms with Crippen LogP contribution in [-0.4, -0.2) is 29.4 Å². The number of aromatic nitrogens is 2. The molecule has 90 valence electrons. The van der Waals surface area contributed by atoms with Crippen LogP contribution in [-0.2, 0) is 11.3 Å². The van der Waals surface area contributed by atoms with E-state index in [1.165, 1.54) is 0 Å². The summed E-state index contributed by atoms with van der Waals surface area (Å²) in [6.07, 6.45) is 2.16. The zero-order valence-corrected chi connectivity index (χ0v) is 9.90. The van der Waals surface area contributed by atoms with Crippen molar-refractivity contribution in [2.45, 2.75) is 45.2 Å². The van der Waals surface area contributed by atoms with E-state index in [-0.39, 0.29) is 5.92 Å². The molecular formula is C11H19N3O2. The Labute approximate surface area is 95.6 Å². The SMILES string of the molecule is CC(C)NCc1noc(C2CCCOC2)n1. The highest BCUT2D eigenvalue weighted by Crippen LogP contribution is 2.23. The molecule has 1 unspecified atom stereocenters. The fourth-order valence-electron chi connectivity index (χ4n) is 1.74. The molecule has 1 aromatic rings. The van der Waals surface area contributed by atoms with E-state index in [1.807, 2.05) is 0 Å². The highest BCUT2D eigenvalue weighted by molar-refractivity contribution is 4.95. The van der Waals surface area contributed by atoms with E-state index in [9.17, 15) is 0 Å². The van der Waals surface area contributed by atoms with Gasteiger partial charge in [-0.3, -0.25) is 0 Å². The summed E-state index contributed by atoms with van der Waals surface area (Å²) in [7, 11) is 0. The molecule has 0 saturated carbocycles. The largest absolute Gasteiger partial charge is 0.381 e. The van der Waals surface area contributed by atoms with E-state index in [2.05, 4.69) is 29.3 Å². The van der Waals surface area contributed by atoms with Gasteiger partial charge in [0.25, 0.3) is 0 Å². The van der Waals surface area contributed by atoms with Gasteiger partial charge >= 0.3 is 0 Å². The number of hydrogen-bond donors (Lipinski definition) is 1. The summed E-state index contributed by atoms with van der Waals surface area (Å²) >= 11 is 0. The summed E-state index contributed by atoms with van der Waals surface area (Å²) in [6, 6.07) is 0.431. The van der Waals surface area contributed by atoms with Gasteiger partial charge in [-0.05, 0) is 12.8 Å². The fraction of sp³-hybridized carbons (Fsp3) is 0.818. The summed E-state index contributed by atoms with van der Waals surface area (Å²) in [4.78, 5) is 4.39. The Kier molecular flexibility index (Phi) is 3.90. The van der Waals surface area contributed by atoms with Crippen LogP contribution in [0.3, 0.4) is 0 Å². The van der Waals surface area contributed by atoms with Gasteiger partial charge in [0.1, 0.15) is 0 Å². The lowest BCUT2D eigenvalue weighted by atomic mass is 10.0. The van der Waals surface area contributed by atoms with Gasteiger partial charge in [-0.2, -0.15) is 4.98 Å². The van der Waals surface area contributed by atoms with Crippen molar-refractivity contribution in [3.8, 4) is 0 Å². The lowest BCUT2D eigenvalue weighted by molar-refractivity contribution is 0.0705. The average Bonchev–Trinajstić information content (AvgIpc) is 2.76. The first-order chi connectivity index (χ1) is 7.75. The van der Waals surface area contributed by atoms with Crippen molar-refractivity contribution in [2.75, 3.05) is 13.2 Å². The van der Waals surface area contributed by atoms with Crippen LogP contribution in [0.15, 0.2) is 4.52 Å². The molecule has 0 bridgehead atoms. The van der Waals surface area contributed by atoms with E-state index >= 15 is 0 Å². The van der Waals surface area contributed by atoms with Crippen LogP contribution in [0.4, 0.5) is 0 Å². The maximum Gasteiger partial charge on any atom is 0.232 e. The first-order valence-corrected chi connectivity index (χ1v) is 5.89. The predicted octanol–water partition coefficient (Wildman–Crippen LogP) is 1.46. The fourth-order valence-corrected chi connectivity index (χ4v) is 1.74. The first kappa shape index (κ1) is 11.5. The first-order valence-electron chi connectivity index (χ1n) is 5.89. The average molecular weight is 225 g/mol. The summed E-state index contributed by atoms with van der Waals surface area (Å²) in [5, 5.41) is 7.22. The normalized spacial score (nSPS) is 21.6. The predicted molar refractivity (Wildman–Crippen MR) is 59.1 cm³/mol. The maximum absolute atomic E-state index is 5.40. The van der Waals surface area contributed by atoms with Crippen LogP contribution in [0.2, 0.25) is 0 Å². The second-order valence-electron chi connectivity index (χ2n) is 4.50. The van der Waals surface area contributed by atoms with Gasteiger partial charge in [0.2, 0.25) is 5.89 Å². The lowest BCUT2D eigenvalue weighted by Gasteiger charge is -2.18. The van der Waals surface area contributed by atoms with Crippen molar-refractivity contribution in [2.24, 2.45) is 0 Å². The molecule has 1 saturated heterocycles. The lowest BCUT2D eigenvalue weighted by Crippen LogP contribution is -2.22. The summed E-state index contributed by atoms with van der Waals surface area (Å²) in [5.41, 5.74) is 0. The smallest absolute Gasteiger partial charge is 0.232 e. The van der Waals surface area contributed by atoms with E-state index in [0.717, 1.165) is 31.2 Å². The van der Waals surface area contributed by atoms with Crippen molar-refractivity contribution in [3.63, 3.8) is 0 Å². The number of rotatable bonds is 4. The third-order valence-corrected chi connectivity index (χ3v) is 2.66. The molecule has 1 N–H and O–H groups in total. The van der Waals surface area contributed by atoms with Crippen LogP contribution < -0.4 is 5.32 Å². The van der Waals surface area contributed by atoms with Crippen molar-refractivity contribution in [1.29, 1.82) is 0 Å². The molecule has 2 rings (SSSR count). The molecule has 1 atom stereocenters. The van der Waals surface area contributed by atoms with Crippen molar-refractivity contribution >= 4 is 0 Å². The van der Waals surface area contributed by atoms with Crippen molar-refractivity contribution in [3.05, 3.63) is 11.7 Å². The molecule has 0 radical (unpaired) electrons. The molecule has 0 aromatic carbocycles. The molecule has 1 aromatic heterocycles. The van der Waals surface area contributed by atoms with Gasteiger partial charge in [-0.1, -0.05) is 19.0 Å². The molecule has 16 heavy (non-hydrogen) atoms.